The number of hydrogen-bond donors (Lipinski definition) is 1. The summed E-state index contributed by atoms with van der Waals surface area (Å²) in [6.45, 7) is 10.6. The van der Waals surface area contributed by atoms with Crippen LogP contribution in [0.1, 0.15) is 48.1 Å². The Hall–Kier alpha value is -3.33. The van der Waals surface area contributed by atoms with Gasteiger partial charge < -0.3 is 19.4 Å². The van der Waals surface area contributed by atoms with E-state index in [1.807, 2.05) is 43.5 Å². The first-order valence-corrected chi connectivity index (χ1v) is 12.1. The number of esters is 1. The number of carbonyl (C=O) groups excluding carboxylic acids is 2. The van der Waals surface area contributed by atoms with Gasteiger partial charge in [0, 0.05) is 12.2 Å². The highest BCUT2D eigenvalue weighted by atomic mass is 32.2. The molecule has 0 aliphatic rings. The van der Waals surface area contributed by atoms with Crippen molar-refractivity contribution in [3.05, 3.63) is 65.0 Å². The van der Waals surface area contributed by atoms with E-state index in [-0.39, 0.29) is 24.4 Å². The molecule has 0 atom stereocenters. The molecule has 34 heavy (non-hydrogen) atoms. The van der Waals surface area contributed by atoms with Crippen molar-refractivity contribution in [3.8, 4) is 5.75 Å². The molecular formula is C25H30N4O4S. The lowest BCUT2D eigenvalue weighted by Crippen LogP contribution is -2.16. The summed E-state index contributed by atoms with van der Waals surface area (Å²) in [4.78, 5) is 24.6. The number of nitrogens with one attached hydrogen (secondary N) is 1. The molecule has 0 aliphatic heterocycles. The highest BCUT2D eigenvalue weighted by molar-refractivity contribution is 7.99. The SMILES string of the molecule is CCn1c(COc2cccc(C)c2C)nnc1SCC(=O)Nc1cccc(C(=O)OC(C)C)c1. The van der Waals surface area contributed by atoms with Crippen molar-refractivity contribution in [2.24, 2.45) is 0 Å². The maximum Gasteiger partial charge on any atom is 0.338 e. The predicted octanol–water partition coefficient (Wildman–Crippen LogP) is 4.79. The smallest absolute Gasteiger partial charge is 0.338 e. The first-order chi connectivity index (χ1) is 16.3. The van der Waals surface area contributed by atoms with E-state index >= 15 is 0 Å². The largest absolute Gasteiger partial charge is 0.485 e. The maximum atomic E-state index is 12.5. The van der Waals surface area contributed by atoms with Gasteiger partial charge in [-0.3, -0.25) is 4.79 Å². The van der Waals surface area contributed by atoms with Gasteiger partial charge in [-0.05, 0) is 70.0 Å². The molecular weight excluding hydrogens is 452 g/mol. The molecule has 1 amide bonds. The van der Waals surface area contributed by atoms with Gasteiger partial charge in [0.2, 0.25) is 5.91 Å². The monoisotopic (exact) mass is 482 g/mol. The second-order valence-electron chi connectivity index (χ2n) is 8.00. The number of anilines is 1. The molecule has 3 rings (SSSR count). The van der Waals surface area contributed by atoms with Gasteiger partial charge in [0.1, 0.15) is 12.4 Å². The van der Waals surface area contributed by atoms with Crippen molar-refractivity contribution in [2.45, 2.75) is 59.0 Å². The number of aromatic nitrogens is 3. The molecule has 0 fully saturated rings. The fourth-order valence-corrected chi connectivity index (χ4v) is 4.03. The summed E-state index contributed by atoms with van der Waals surface area (Å²) in [6, 6.07) is 12.6. The van der Waals surface area contributed by atoms with Crippen LogP contribution >= 0.6 is 11.8 Å². The number of amides is 1. The van der Waals surface area contributed by atoms with Crippen LogP contribution in [0.5, 0.6) is 5.75 Å². The van der Waals surface area contributed by atoms with Crippen LogP contribution in [0.25, 0.3) is 0 Å². The van der Waals surface area contributed by atoms with Crippen LogP contribution < -0.4 is 10.1 Å². The summed E-state index contributed by atoms with van der Waals surface area (Å²) in [6.07, 6.45) is -0.214. The number of nitrogens with zero attached hydrogens (tertiary/aromatic N) is 3. The van der Waals surface area contributed by atoms with Gasteiger partial charge in [-0.2, -0.15) is 0 Å². The molecule has 1 N–H and O–H groups in total. The highest BCUT2D eigenvalue weighted by Crippen LogP contribution is 2.23. The van der Waals surface area contributed by atoms with E-state index in [0.717, 1.165) is 11.3 Å². The van der Waals surface area contributed by atoms with Crippen LogP contribution in [0, 0.1) is 13.8 Å². The summed E-state index contributed by atoms with van der Waals surface area (Å²) in [5, 5.41) is 12.0. The zero-order chi connectivity index (χ0) is 24.7. The number of carbonyl (C=O) groups is 2. The standard InChI is InChI=1S/C25H30N4O4S/c1-6-29-22(14-32-21-12-7-9-17(4)18(21)5)27-28-25(29)34-15-23(30)26-20-11-8-10-19(13-20)24(31)33-16(2)3/h7-13,16H,6,14-15H2,1-5H3,(H,26,30). The molecule has 8 nitrogen and oxygen atoms in total. The lowest BCUT2D eigenvalue weighted by atomic mass is 10.1. The van der Waals surface area contributed by atoms with Crippen LogP contribution in [-0.2, 0) is 22.7 Å². The van der Waals surface area contributed by atoms with Crippen molar-refractivity contribution < 1.29 is 19.1 Å². The Morgan fingerprint density at radius 2 is 1.88 bits per heavy atom. The second kappa shape index (κ2) is 11.7. The predicted molar refractivity (Wildman–Crippen MR) is 132 cm³/mol. The zero-order valence-electron chi connectivity index (χ0n) is 20.1. The topological polar surface area (TPSA) is 95.3 Å². The van der Waals surface area contributed by atoms with E-state index in [2.05, 4.69) is 15.5 Å². The molecule has 3 aromatic rings. The fraction of sp³-hybridized carbons (Fsp3) is 0.360. The summed E-state index contributed by atoms with van der Waals surface area (Å²) >= 11 is 1.30. The highest BCUT2D eigenvalue weighted by Gasteiger charge is 2.15. The maximum absolute atomic E-state index is 12.5. The molecule has 1 aromatic heterocycles. The van der Waals surface area contributed by atoms with Crippen molar-refractivity contribution in [2.75, 3.05) is 11.1 Å². The third kappa shape index (κ3) is 6.60. The molecule has 0 saturated carbocycles. The van der Waals surface area contributed by atoms with Crippen molar-refractivity contribution in [1.29, 1.82) is 0 Å². The Balaban J connectivity index is 1.58. The molecule has 0 bridgehead atoms. The molecule has 0 unspecified atom stereocenters. The molecule has 0 radical (unpaired) electrons. The van der Waals surface area contributed by atoms with Gasteiger partial charge in [0.05, 0.1) is 17.4 Å². The van der Waals surface area contributed by atoms with Gasteiger partial charge in [0.15, 0.2) is 11.0 Å². The number of thioether (sulfide) groups is 1. The van der Waals surface area contributed by atoms with Gasteiger partial charge in [-0.15, -0.1) is 10.2 Å². The van der Waals surface area contributed by atoms with Crippen molar-refractivity contribution in [3.63, 3.8) is 0 Å². The van der Waals surface area contributed by atoms with E-state index in [1.165, 1.54) is 17.3 Å². The minimum absolute atomic E-state index is 0.149. The molecule has 0 aliphatic carbocycles. The third-order valence-corrected chi connectivity index (χ3v) is 6.05. The molecule has 1 heterocycles. The number of hydrogen-bond acceptors (Lipinski definition) is 7. The normalized spacial score (nSPS) is 10.9. The number of rotatable bonds is 10. The third-order valence-electron chi connectivity index (χ3n) is 5.08. The van der Waals surface area contributed by atoms with Gasteiger partial charge >= 0.3 is 5.97 Å². The minimum atomic E-state index is -0.424. The van der Waals surface area contributed by atoms with Crippen molar-refractivity contribution >= 4 is 29.3 Å². The average Bonchev–Trinajstić information content (AvgIpc) is 3.20. The average molecular weight is 483 g/mol. The van der Waals surface area contributed by atoms with E-state index in [4.69, 9.17) is 9.47 Å². The number of ether oxygens (including phenoxy) is 2. The summed E-state index contributed by atoms with van der Waals surface area (Å²) in [5.74, 6) is 1.03. The van der Waals surface area contributed by atoms with Gasteiger partial charge in [-0.25, -0.2) is 4.79 Å². The van der Waals surface area contributed by atoms with Crippen molar-refractivity contribution in [1.82, 2.24) is 14.8 Å². The Kier molecular flexibility index (Phi) is 8.70. The van der Waals surface area contributed by atoms with Gasteiger partial charge in [0.25, 0.3) is 0 Å². The van der Waals surface area contributed by atoms with Crippen LogP contribution in [0.4, 0.5) is 5.69 Å². The van der Waals surface area contributed by atoms with E-state index in [9.17, 15) is 9.59 Å². The summed E-state index contributed by atoms with van der Waals surface area (Å²) in [5.41, 5.74) is 3.18. The van der Waals surface area contributed by atoms with E-state index in [0.29, 0.717) is 28.8 Å². The van der Waals surface area contributed by atoms with Crippen LogP contribution in [0.3, 0.4) is 0 Å². The molecule has 2 aromatic carbocycles. The van der Waals surface area contributed by atoms with Crippen LogP contribution in [0.15, 0.2) is 47.6 Å². The fourth-order valence-electron chi connectivity index (χ4n) is 3.21. The molecule has 0 spiro atoms. The Bertz CT molecular complexity index is 1160. The molecule has 9 heteroatoms. The van der Waals surface area contributed by atoms with E-state index < -0.39 is 5.97 Å². The molecule has 180 valence electrons. The summed E-state index contributed by atoms with van der Waals surface area (Å²) < 4.78 is 13.1. The Labute approximate surface area is 204 Å². The van der Waals surface area contributed by atoms with Crippen LogP contribution in [-0.4, -0.2) is 38.5 Å². The lowest BCUT2D eigenvalue weighted by molar-refractivity contribution is -0.113. The van der Waals surface area contributed by atoms with E-state index in [1.54, 1.807) is 38.1 Å². The Morgan fingerprint density at radius 1 is 1.12 bits per heavy atom. The number of aryl methyl sites for hydroxylation is 1. The number of benzene rings is 2. The Morgan fingerprint density at radius 3 is 2.62 bits per heavy atom. The first-order valence-electron chi connectivity index (χ1n) is 11.1. The minimum Gasteiger partial charge on any atom is -0.485 e. The van der Waals surface area contributed by atoms with Crippen LogP contribution in [0.2, 0.25) is 0 Å². The summed E-state index contributed by atoms with van der Waals surface area (Å²) in [7, 11) is 0. The van der Waals surface area contributed by atoms with Gasteiger partial charge in [-0.1, -0.05) is 30.0 Å². The lowest BCUT2D eigenvalue weighted by Gasteiger charge is -2.12. The molecule has 0 saturated heterocycles. The second-order valence-corrected chi connectivity index (χ2v) is 8.94. The quantitative estimate of drug-likeness (QED) is 0.328. The zero-order valence-corrected chi connectivity index (χ0v) is 20.9. The first kappa shape index (κ1) is 25.3.